The van der Waals surface area contributed by atoms with E-state index in [1.54, 1.807) is 0 Å². The van der Waals surface area contributed by atoms with E-state index in [2.05, 4.69) is 0 Å². The van der Waals surface area contributed by atoms with E-state index in [1.807, 2.05) is 4.90 Å². The van der Waals surface area contributed by atoms with E-state index in [4.69, 9.17) is 4.74 Å². The number of rotatable bonds is 3. The van der Waals surface area contributed by atoms with Crippen molar-refractivity contribution in [2.24, 2.45) is 0 Å². The average Bonchev–Trinajstić information content (AvgIpc) is 2.06. The second-order valence-electron chi connectivity index (χ2n) is 2.87. The van der Waals surface area contributed by atoms with Gasteiger partial charge in [0, 0.05) is 20.0 Å². The van der Waals surface area contributed by atoms with Crippen LogP contribution in [0.3, 0.4) is 0 Å². The molecular formula is C8H13NO3. The number of hydrogen-bond donors (Lipinski definition) is 0. The molecular weight excluding hydrogens is 158 g/mol. The van der Waals surface area contributed by atoms with Gasteiger partial charge >= 0.3 is 0 Å². The molecule has 0 spiro atoms. The van der Waals surface area contributed by atoms with Gasteiger partial charge in [-0.05, 0) is 0 Å². The Bertz CT molecular complexity index is 185. The number of nitrogens with zero attached hydrogens (tertiary/aromatic N) is 1. The molecule has 1 fully saturated rings. The smallest absolute Gasteiger partial charge is 0.211 e. The van der Waals surface area contributed by atoms with Crippen molar-refractivity contribution in [2.75, 3.05) is 32.8 Å². The molecule has 0 aromatic carbocycles. The Morgan fingerprint density at radius 3 is 2.42 bits per heavy atom. The van der Waals surface area contributed by atoms with Crippen LogP contribution in [-0.4, -0.2) is 49.3 Å². The number of morpholine rings is 1. The van der Waals surface area contributed by atoms with Crippen molar-refractivity contribution < 1.29 is 14.3 Å². The lowest BCUT2D eigenvalue weighted by Crippen LogP contribution is -2.40. The summed E-state index contributed by atoms with van der Waals surface area (Å²) >= 11 is 0. The highest BCUT2D eigenvalue weighted by Crippen LogP contribution is 1.96. The SMILES string of the molecule is CC(=O)C(=O)CN1CCOCC1. The van der Waals surface area contributed by atoms with Crippen LogP contribution in [0.15, 0.2) is 0 Å². The molecule has 0 radical (unpaired) electrons. The standard InChI is InChI=1S/C8H13NO3/c1-7(10)8(11)6-9-2-4-12-5-3-9/h2-6H2,1H3. The van der Waals surface area contributed by atoms with Gasteiger partial charge in [-0.15, -0.1) is 0 Å². The monoisotopic (exact) mass is 171 g/mol. The Morgan fingerprint density at radius 1 is 1.33 bits per heavy atom. The maximum atomic E-state index is 11.0. The molecule has 1 aliphatic heterocycles. The first-order valence-corrected chi connectivity index (χ1v) is 4.04. The van der Waals surface area contributed by atoms with Crippen LogP contribution in [0.4, 0.5) is 0 Å². The lowest BCUT2D eigenvalue weighted by Gasteiger charge is -2.25. The van der Waals surface area contributed by atoms with Crippen LogP contribution >= 0.6 is 0 Å². The summed E-state index contributed by atoms with van der Waals surface area (Å²) in [6.45, 7) is 4.37. The molecule has 4 nitrogen and oxygen atoms in total. The largest absolute Gasteiger partial charge is 0.379 e. The molecule has 0 aromatic rings. The molecule has 1 aliphatic rings. The summed E-state index contributed by atoms with van der Waals surface area (Å²) in [7, 11) is 0. The summed E-state index contributed by atoms with van der Waals surface area (Å²) < 4.78 is 5.10. The molecule has 0 unspecified atom stereocenters. The Hall–Kier alpha value is -0.740. The van der Waals surface area contributed by atoms with Crippen LogP contribution in [0, 0.1) is 0 Å². The van der Waals surface area contributed by atoms with Crippen molar-refractivity contribution in [1.29, 1.82) is 0 Å². The van der Waals surface area contributed by atoms with Crippen molar-refractivity contribution in [3.63, 3.8) is 0 Å². The number of carbonyl (C=O) groups excluding carboxylic acids is 2. The molecule has 0 bridgehead atoms. The third kappa shape index (κ3) is 2.71. The zero-order valence-corrected chi connectivity index (χ0v) is 7.21. The fourth-order valence-electron chi connectivity index (χ4n) is 1.07. The van der Waals surface area contributed by atoms with Crippen molar-refractivity contribution in [2.45, 2.75) is 6.92 Å². The summed E-state index contributed by atoms with van der Waals surface area (Å²) in [6.07, 6.45) is 0. The van der Waals surface area contributed by atoms with Gasteiger partial charge in [0.2, 0.25) is 5.78 Å². The van der Waals surface area contributed by atoms with E-state index in [1.165, 1.54) is 6.92 Å². The maximum Gasteiger partial charge on any atom is 0.211 e. The molecule has 0 N–H and O–H groups in total. The van der Waals surface area contributed by atoms with E-state index < -0.39 is 0 Å². The van der Waals surface area contributed by atoms with Crippen molar-refractivity contribution in [1.82, 2.24) is 4.90 Å². The molecule has 12 heavy (non-hydrogen) atoms. The first kappa shape index (κ1) is 9.35. The molecule has 1 saturated heterocycles. The van der Waals surface area contributed by atoms with E-state index in [9.17, 15) is 9.59 Å². The lowest BCUT2D eigenvalue weighted by atomic mass is 10.2. The Morgan fingerprint density at radius 2 is 1.92 bits per heavy atom. The quantitative estimate of drug-likeness (QED) is 0.536. The van der Waals surface area contributed by atoms with Gasteiger partial charge in [-0.3, -0.25) is 14.5 Å². The molecule has 1 heterocycles. The third-order valence-corrected chi connectivity index (χ3v) is 1.86. The zero-order valence-electron chi connectivity index (χ0n) is 7.21. The zero-order chi connectivity index (χ0) is 8.97. The fourth-order valence-corrected chi connectivity index (χ4v) is 1.07. The minimum absolute atomic E-state index is 0.249. The predicted octanol–water partition coefficient (Wildman–Crippen LogP) is -0.523. The molecule has 68 valence electrons. The van der Waals surface area contributed by atoms with Crippen molar-refractivity contribution >= 4 is 11.6 Å². The summed E-state index contributed by atoms with van der Waals surface area (Å²) in [4.78, 5) is 23.5. The minimum Gasteiger partial charge on any atom is -0.379 e. The summed E-state index contributed by atoms with van der Waals surface area (Å²) in [6, 6.07) is 0. The van der Waals surface area contributed by atoms with E-state index in [0.29, 0.717) is 13.2 Å². The third-order valence-electron chi connectivity index (χ3n) is 1.86. The highest BCUT2D eigenvalue weighted by molar-refractivity contribution is 6.37. The van der Waals surface area contributed by atoms with Crippen LogP contribution < -0.4 is 0 Å². The first-order chi connectivity index (χ1) is 5.70. The van der Waals surface area contributed by atoms with Gasteiger partial charge < -0.3 is 4.74 Å². The van der Waals surface area contributed by atoms with Gasteiger partial charge in [-0.1, -0.05) is 0 Å². The number of carbonyl (C=O) groups is 2. The summed E-state index contributed by atoms with van der Waals surface area (Å²) in [5, 5.41) is 0. The summed E-state index contributed by atoms with van der Waals surface area (Å²) in [5.41, 5.74) is 0. The predicted molar refractivity (Wildman–Crippen MR) is 42.9 cm³/mol. The molecule has 0 aliphatic carbocycles. The highest BCUT2D eigenvalue weighted by atomic mass is 16.5. The average molecular weight is 171 g/mol. The second kappa shape index (κ2) is 4.33. The second-order valence-corrected chi connectivity index (χ2v) is 2.87. The number of ketones is 2. The van der Waals surface area contributed by atoms with Gasteiger partial charge in [-0.2, -0.15) is 0 Å². The Balaban J connectivity index is 2.29. The number of ether oxygens (including phenoxy) is 1. The molecule has 0 saturated carbocycles. The van der Waals surface area contributed by atoms with Crippen molar-refractivity contribution in [3.8, 4) is 0 Å². The normalized spacial score (nSPS) is 19.1. The van der Waals surface area contributed by atoms with Crippen LogP contribution in [0.1, 0.15) is 6.92 Å². The molecule has 0 amide bonds. The van der Waals surface area contributed by atoms with E-state index >= 15 is 0 Å². The Kier molecular flexibility index (Phi) is 3.37. The number of Topliss-reactive ketones (excluding diaryl/α,β-unsaturated/α-hetero) is 2. The minimum atomic E-state index is -0.360. The van der Waals surface area contributed by atoms with Crippen LogP contribution in [0.5, 0.6) is 0 Å². The highest BCUT2D eigenvalue weighted by Gasteiger charge is 2.16. The van der Waals surface area contributed by atoms with Gasteiger partial charge in [-0.25, -0.2) is 0 Å². The van der Waals surface area contributed by atoms with Gasteiger partial charge in [0.05, 0.1) is 19.8 Å². The van der Waals surface area contributed by atoms with E-state index in [-0.39, 0.29) is 18.1 Å². The molecule has 4 heteroatoms. The van der Waals surface area contributed by atoms with Crippen LogP contribution in [0.2, 0.25) is 0 Å². The van der Waals surface area contributed by atoms with Gasteiger partial charge in [0.25, 0.3) is 0 Å². The van der Waals surface area contributed by atoms with E-state index in [0.717, 1.165) is 13.1 Å². The molecule has 0 aromatic heterocycles. The topological polar surface area (TPSA) is 46.6 Å². The number of hydrogen-bond acceptors (Lipinski definition) is 4. The maximum absolute atomic E-state index is 11.0. The first-order valence-electron chi connectivity index (χ1n) is 4.04. The fraction of sp³-hybridized carbons (Fsp3) is 0.750. The van der Waals surface area contributed by atoms with Crippen LogP contribution in [-0.2, 0) is 14.3 Å². The van der Waals surface area contributed by atoms with Gasteiger partial charge in [0.1, 0.15) is 0 Å². The molecule has 0 atom stereocenters. The summed E-state index contributed by atoms with van der Waals surface area (Å²) in [5.74, 6) is -0.668. The van der Waals surface area contributed by atoms with Gasteiger partial charge in [0.15, 0.2) is 5.78 Å². The van der Waals surface area contributed by atoms with Crippen LogP contribution in [0.25, 0.3) is 0 Å². The lowest BCUT2D eigenvalue weighted by molar-refractivity contribution is -0.136. The van der Waals surface area contributed by atoms with Crippen molar-refractivity contribution in [3.05, 3.63) is 0 Å². The molecule has 1 rings (SSSR count). The Labute approximate surface area is 71.5 Å².